The van der Waals surface area contributed by atoms with Crippen molar-refractivity contribution in [1.29, 1.82) is 0 Å². The minimum Gasteiger partial charge on any atom is -0.321 e. The lowest BCUT2D eigenvalue weighted by atomic mass is 10.1. The molecule has 104 valence electrons. The summed E-state index contributed by atoms with van der Waals surface area (Å²) in [6.45, 7) is 6.17. The molecule has 0 aliphatic carbocycles. The molecule has 0 spiro atoms. The Hall–Kier alpha value is -1.55. The summed E-state index contributed by atoms with van der Waals surface area (Å²) in [4.78, 5) is 19.5. The maximum Gasteiger partial charge on any atom is 0.344 e. The van der Waals surface area contributed by atoms with Crippen molar-refractivity contribution in [1.82, 2.24) is 9.96 Å². The summed E-state index contributed by atoms with van der Waals surface area (Å²) in [5.41, 5.74) is 1.09. The number of carbonyl (C=O) groups is 1. The summed E-state index contributed by atoms with van der Waals surface area (Å²) in [5, 5.41) is 1.57. The van der Waals surface area contributed by atoms with Crippen molar-refractivity contribution in [2.75, 3.05) is 13.1 Å². The fraction of sp³-hybridized carbons (Fsp3) is 0.533. The van der Waals surface area contributed by atoms with Gasteiger partial charge in [-0.3, -0.25) is 4.84 Å². The van der Waals surface area contributed by atoms with Gasteiger partial charge in [-0.2, -0.15) is 5.06 Å². The predicted molar refractivity (Wildman–Crippen MR) is 74.4 cm³/mol. The lowest BCUT2D eigenvalue weighted by molar-refractivity contribution is -0.140. The molecule has 2 heterocycles. The minimum absolute atomic E-state index is 0.0310. The molecule has 19 heavy (non-hydrogen) atoms. The van der Waals surface area contributed by atoms with Gasteiger partial charge in [-0.1, -0.05) is 44.2 Å². The number of hydrogen-bond donors (Lipinski definition) is 0. The molecule has 4 heteroatoms. The second-order valence-corrected chi connectivity index (χ2v) is 4.61. The summed E-state index contributed by atoms with van der Waals surface area (Å²) in [7, 11) is 0. The number of benzene rings is 1. The molecule has 0 saturated carbocycles. The average molecular weight is 262 g/mol. The van der Waals surface area contributed by atoms with Crippen LogP contribution in [-0.4, -0.2) is 35.1 Å². The van der Waals surface area contributed by atoms with Gasteiger partial charge in [0.2, 0.25) is 0 Å². The Labute approximate surface area is 114 Å². The highest BCUT2D eigenvalue weighted by molar-refractivity contribution is 5.76. The van der Waals surface area contributed by atoms with Crippen molar-refractivity contribution in [3.05, 3.63) is 35.9 Å². The topological polar surface area (TPSA) is 32.8 Å². The molecule has 0 unspecified atom stereocenters. The Morgan fingerprint density at radius 2 is 2.00 bits per heavy atom. The lowest BCUT2D eigenvalue weighted by Crippen LogP contribution is -2.33. The van der Waals surface area contributed by atoms with Gasteiger partial charge in [0.15, 0.2) is 0 Å². The molecule has 0 aromatic heterocycles. The van der Waals surface area contributed by atoms with E-state index in [1.54, 1.807) is 5.06 Å². The highest BCUT2D eigenvalue weighted by Gasteiger charge is 2.40. The van der Waals surface area contributed by atoms with Gasteiger partial charge in [-0.25, -0.2) is 4.79 Å². The fourth-order valence-corrected chi connectivity index (χ4v) is 2.49. The fourth-order valence-electron chi connectivity index (χ4n) is 2.49. The van der Waals surface area contributed by atoms with Crippen LogP contribution in [0.4, 0.5) is 4.79 Å². The lowest BCUT2D eigenvalue weighted by Gasteiger charge is -2.22. The first-order valence-electron chi connectivity index (χ1n) is 7.09. The van der Waals surface area contributed by atoms with Crippen LogP contribution in [0.25, 0.3) is 0 Å². The monoisotopic (exact) mass is 262 g/mol. The van der Waals surface area contributed by atoms with Crippen LogP contribution in [0.5, 0.6) is 0 Å². The second-order valence-electron chi connectivity index (χ2n) is 4.61. The van der Waals surface area contributed by atoms with Crippen molar-refractivity contribution >= 4 is 6.03 Å². The van der Waals surface area contributed by atoms with Gasteiger partial charge in [0, 0.05) is 13.1 Å². The Morgan fingerprint density at radius 3 is 2.68 bits per heavy atom. The molecule has 1 aromatic carbocycles. The molecule has 2 bridgehead atoms. The van der Waals surface area contributed by atoms with E-state index in [2.05, 4.69) is 0 Å². The van der Waals surface area contributed by atoms with E-state index in [0.717, 1.165) is 31.5 Å². The van der Waals surface area contributed by atoms with Gasteiger partial charge >= 0.3 is 6.03 Å². The molecule has 2 aliphatic rings. The number of carbonyl (C=O) groups excluding carboxylic acids is 1. The maximum atomic E-state index is 11.9. The van der Waals surface area contributed by atoms with Crippen molar-refractivity contribution in [2.24, 2.45) is 0 Å². The van der Waals surface area contributed by atoms with Crippen LogP contribution in [0.15, 0.2) is 30.3 Å². The highest BCUT2D eigenvalue weighted by atomic mass is 16.7. The van der Waals surface area contributed by atoms with Crippen LogP contribution in [0.2, 0.25) is 0 Å². The number of urea groups is 1. The summed E-state index contributed by atoms with van der Waals surface area (Å²) in [6.07, 6.45) is 2.14. The van der Waals surface area contributed by atoms with Crippen LogP contribution in [0, 0.1) is 0 Å². The predicted octanol–water partition coefficient (Wildman–Crippen LogP) is 3.04. The molecule has 4 nitrogen and oxygen atoms in total. The molecule has 0 N–H and O–H groups in total. The van der Waals surface area contributed by atoms with E-state index in [-0.39, 0.29) is 12.1 Å². The average Bonchev–Trinajstić information content (AvgIpc) is 2.70. The van der Waals surface area contributed by atoms with Crippen molar-refractivity contribution in [3.63, 3.8) is 0 Å². The Balaban J connectivity index is 0.000000637. The first-order valence-corrected chi connectivity index (χ1v) is 7.09. The van der Waals surface area contributed by atoms with Gasteiger partial charge in [0.1, 0.15) is 6.61 Å². The number of amides is 2. The smallest absolute Gasteiger partial charge is 0.321 e. The number of fused-ring (bicyclic) bond motifs is 2. The van der Waals surface area contributed by atoms with Crippen molar-refractivity contribution in [2.45, 2.75) is 39.3 Å². The van der Waals surface area contributed by atoms with E-state index >= 15 is 0 Å². The standard InChI is InChI=1S/C13H16N2O2.C2H6/c16-13-14-8-4-7-12(9-14)15(13)17-10-11-5-2-1-3-6-11;1-2/h1-3,5-6,12H,4,7-10H2;1-2H3/t12-;/m1./s1. The third kappa shape index (κ3) is 3.07. The van der Waals surface area contributed by atoms with Crippen LogP contribution in [0.3, 0.4) is 0 Å². The number of hydrogen-bond acceptors (Lipinski definition) is 2. The largest absolute Gasteiger partial charge is 0.344 e. The van der Waals surface area contributed by atoms with Gasteiger partial charge < -0.3 is 4.90 Å². The maximum absolute atomic E-state index is 11.9. The van der Waals surface area contributed by atoms with Gasteiger partial charge in [0.05, 0.1) is 6.04 Å². The summed E-state index contributed by atoms with van der Waals surface area (Å²) in [6, 6.07) is 10.2. The molecule has 1 aromatic rings. The molecule has 1 atom stereocenters. The molecule has 2 aliphatic heterocycles. The van der Waals surface area contributed by atoms with E-state index in [9.17, 15) is 4.79 Å². The van der Waals surface area contributed by atoms with Gasteiger partial charge in [-0.05, 0) is 18.4 Å². The number of rotatable bonds is 3. The molecule has 3 rings (SSSR count). The van der Waals surface area contributed by atoms with Gasteiger partial charge in [-0.15, -0.1) is 0 Å². The quantitative estimate of drug-likeness (QED) is 0.838. The van der Waals surface area contributed by atoms with Crippen LogP contribution >= 0.6 is 0 Å². The van der Waals surface area contributed by atoms with E-state index in [1.807, 2.05) is 49.1 Å². The van der Waals surface area contributed by atoms with E-state index in [0.29, 0.717) is 6.61 Å². The first kappa shape index (κ1) is 13.9. The zero-order valence-electron chi connectivity index (χ0n) is 11.7. The SMILES string of the molecule is CC.O=C1N2CCC[C@H](C2)N1OCc1ccccc1. The summed E-state index contributed by atoms with van der Waals surface area (Å²) >= 11 is 0. The van der Waals surface area contributed by atoms with Crippen LogP contribution < -0.4 is 0 Å². The third-order valence-corrected chi connectivity index (χ3v) is 3.40. The van der Waals surface area contributed by atoms with E-state index in [4.69, 9.17) is 4.84 Å². The summed E-state index contributed by atoms with van der Waals surface area (Å²) in [5.74, 6) is 0. The van der Waals surface area contributed by atoms with Crippen LogP contribution in [-0.2, 0) is 11.4 Å². The van der Waals surface area contributed by atoms with Crippen molar-refractivity contribution in [3.8, 4) is 0 Å². The molecular formula is C15H22N2O2. The number of nitrogens with zero attached hydrogens (tertiary/aromatic N) is 2. The first-order chi connectivity index (χ1) is 9.34. The minimum atomic E-state index is 0.0310. The molecule has 2 fully saturated rings. The molecule has 2 saturated heterocycles. The Bertz CT molecular complexity index is 408. The van der Waals surface area contributed by atoms with Crippen molar-refractivity contribution < 1.29 is 9.63 Å². The van der Waals surface area contributed by atoms with E-state index in [1.165, 1.54) is 0 Å². The molecule has 2 amide bonds. The third-order valence-electron chi connectivity index (χ3n) is 3.40. The zero-order chi connectivity index (χ0) is 13.7. The molecular weight excluding hydrogens is 240 g/mol. The second kappa shape index (κ2) is 6.57. The van der Waals surface area contributed by atoms with Gasteiger partial charge in [0.25, 0.3) is 0 Å². The zero-order valence-corrected chi connectivity index (χ0v) is 11.7. The Morgan fingerprint density at radius 1 is 1.26 bits per heavy atom. The number of piperidine rings is 1. The molecule has 0 radical (unpaired) electrons. The highest BCUT2D eigenvalue weighted by Crippen LogP contribution is 2.25. The Kier molecular flexibility index (Phi) is 4.80. The summed E-state index contributed by atoms with van der Waals surface area (Å²) < 4.78 is 0. The van der Waals surface area contributed by atoms with Crippen LogP contribution in [0.1, 0.15) is 32.3 Å². The van der Waals surface area contributed by atoms with E-state index < -0.39 is 0 Å². The normalized spacial score (nSPS) is 21.2. The number of hydroxylamine groups is 2.